The number of hydrogen-bond donors (Lipinski definition) is 1. The van der Waals surface area contributed by atoms with Crippen molar-refractivity contribution in [1.82, 2.24) is 10.3 Å². The quantitative estimate of drug-likeness (QED) is 0.896. The number of rotatable bonds is 3. The molecule has 17 heavy (non-hydrogen) atoms. The largest absolute Gasteiger partial charge is 0.304 e. The lowest BCUT2D eigenvalue weighted by molar-refractivity contribution is 0.529. The highest BCUT2D eigenvalue weighted by Crippen LogP contribution is 2.31. The molecule has 1 heterocycles. The van der Waals surface area contributed by atoms with Crippen LogP contribution in [0.1, 0.15) is 34.2 Å². The van der Waals surface area contributed by atoms with Crippen LogP contribution in [0.4, 0.5) is 0 Å². The van der Waals surface area contributed by atoms with Crippen LogP contribution in [0.5, 0.6) is 0 Å². The summed E-state index contributed by atoms with van der Waals surface area (Å²) in [6.07, 6.45) is 4.28. The van der Waals surface area contributed by atoms with Gasteiger partial charge < -0.3 is 5.32 Å². The van der Waals surface area contributed by atoms with E-state index in [1.165, 1.54) is 34.5 Å². The lowest BCUT2D eigenvalue weighted by atomic mass is 10.1. The molecule has 1 aromatic heterocycles. The fraction of sp³-hybridized carbons (Fsp3) is 0.357. The maximum absolute atomic E-state index is 4.31. The van der Waals surface area contributed by atoms with Crippen LogP contribution in [0.25, 0.3) is 0 Å². The van der Waals surface area contributed by atoms with Crippen LogP contribution in [-0.4, -0.2) is 4.98 Å². The van der Waals surface area contributed by atoms with E-state index in [2.05, 4.69) is 35.4 Å². The molecule has 0 bridgehead atoms. The second-order valence-electron chi connectivity index (χ2n) is 4.60. The molecule has 0 radical (unpaired) electrons. The smallest absolute Gasteiger partial charge is 0.106 e. The minimum absolute atomic E-state index is 0.508. The number of benzene rings is 1. The Balaban J connectivity index is 1.73. The van der Waals surface area contributed by atoms with Gasteiger partial charge >= 0.3 is 0 Å². The zero-order valence-electron chi connectivity index (χ0n) is 9.94. The summed E-state index contributed by atoms with van der Waals surface area (Å²) in [7, 11) is 0. The van der Waals surface area contributed by atoms with Crippen LogP contribution < -0.4 is 5.32 Å². The molecule has 1 atom stereocenters. The Labute approximate surface area is 106 Å². The third-order valence-electron chi connectivity index (χ3n) is 3.36. The van der Waals surface area contributed by atoms with Gasteiger partial charge in [0.2, 0.25) is 0 Å². The number of fused-ring (bicyclic) bond motifs is 1. The van der Waals surface area contributed by atoms with Gasteiger partial charge in [-0.25, -0.2) is 4.98 Å². The summed E-state index contributed by atoms with van der Waals surface area (Å²) in [4.78, 5) is 4.31. The van der Waals surface area contributed by atoms with E-state index in [9.17, 15) is 0 Å². The summed E-state index contributed by atoms with van der Waals surface area (Å²) in [6, 6.07) is 7.31. The lowest BCUT2D eigenvalue weighted by Gasteiger charge is -2.13. The fourth-order valence-corrected chi connectivity index (χ4v) is 3.05. The van der Waals surface area contributed by atoms with Gasteiger partial charge in [-0.2, -0.15) is 0 Å². The molecule has 1 unspecified atom stereocenters. The number of nitrogens with zero attached hydrogens (tertiary/aromatic N) is 1. The van der Waals surface area contributed by atoms with E-state index in [1.54, 1.807) is 11.3 Å². The second-order valence-corrected chi connectivity index (χ2v) is 5.58. The molecule has 1 N–H and O–H groups in total. The summed E-state index contributed by atoms with van der Waals surface area (Å²) in [5.74, 6) is 0. The third kappa shape index (κ3) is 2.26. The molecular formula is C14H16N2S. The van der Waals surface area contributed by atoms with E-state index >= 15 is 0 Å². The van der Waals surface area contributed by atoms with Crippen LogP contribution >= 0.6 is 11.3 Å². The molecule has 3 heteroatoms. The first kappa shape index (κ1) is 10.9. The molecule has 1 aromatic carbocycles. The minimum atomic E-state index is 0.508. The fourth-order valence-electron chi connectivity index (χ4n) is 2.48. The molecule has 88 valence electrons. The van der Waals surface area contributed by atoms with E-state index in [0.29, 0.717) is 6.04 Å². The molecule has 0 saturated carbocycles. The summed E-state index contributed by atoms with van der Waals surface area (Å²) in [5, 5.41) is 6.82. The van der Waals surface area contributed by atoms with Crippen LogP contribution in [0.3, 0.4) is 0 Å². The second kappa shape index (κ2) is 4.59. The van der Waals surface area contributed by atoms with E-state index in [1.807, 2.05) is 11.6 Å². The summed E-state index contributed by atoms with van der Waals surface area (Å²) in [5.41, 5.74) is 4.35. The van der Waals surface area contributed by atoms with Gasteiger partial charge in [-0.1, -0.05) is 23.8 Å². The van der Waals surface area contributed by atoms with Crippen molar-refractivity contribution in [3.8, 4) is 0 Å². The number of nitrogens with one attached hydrogen (secondary N) is 1. The summed E-state index contributed by atoms with van der Waals surface area (Å²) >= 11 is 1.72. The Morgan fingerprint density at radius 1 is 1.47 bits per heavy atom. The highest BCUT2D eigenvalue weighted by atomic mass is 32.1. The molecular weight excluding hydrogens is 228 g/mol. The van der Waals surface area contributed by atoms with Gasteiger partial charge in [0.05, 0.1) is 0 Å². The van der Waals surface area contributed by atoms with Gasteiger partial charge in [0.25, 0.3) is 0 Å². The average molecular weight is 244 g/mol. The maximum Gasteiger partial charge on any atom is 0.106 e. The van der Waals surface area contributed by atoms with E-state index in [-0.39, 0.29) is 0 Å². The van der Waals surface area contributed by atoms with Gasteiger partial charge in [0.1, 0.15) is 5.01 Å². The summed E-state index contributed by atoms with van der Waals surface area (Å²) in [6.45, 7) is 3.05. The molecule has 0 saturated heterocycles. The van der Waals surface area contributed by atoms with Crippen molar-refractivity contribution >= 4 is 11.3 Å². The Hall–Kier alpha value is -1.19. The zero-order chi connectivity index (χ0) is 11.7. The number of aryl methyl sites for hydroxylation is 2. The molecule has 2 nitrogen and oxygen atoms in total. The van der Waals surface area contributed by atoms with Crippen molar-refractivity contribution in [2.24, 2.45) is 0 Å². The zero-order valence-corrected chi connectivity index (χ0v) is 10.8. The van der Waals surface area contributed by atoms with Gasteiger partial charge in [-0.3, -0.25) is 0 Å². The standard InChI is InChI=1S/C14H16N2S/c1-10-2-3-11-4-5-13(12(11)8-10)16-9-14-15-6-7-17-14/h2-3,6-8,13,16H,4-5,9H2,1H3. The van der Waals surface area contributed by atoms with Crippen molar-refractivity contribution in [2.45, 2.75) is 32.4 Å². The predicted molar refractivity (Wildman–Crippen MR) is 71.2 cm³/mol. The topological polar surface area (TPSA) is 24.9 Å². The van der Waals surface area contributed by atoms with Crippen molar-refractivity contribution in [3.63, 3.8) is 0 Å². The van der Waals surface area contributed by atoms with Crippen LogP contribution in [0, 0.1) is 6.92 Å². The van der Waals surface area contributed by atoms with Crippen LogP contribution in [0.2, 0.25) is 0 Å². The van der Waals surface area contributed by atoms with Gasteiger partial charge in [0, 0.05) is 24.2 Å². The molecule has 0 spiro atoms. The number of hydrogen-bond acceptors (Lipinski definition) is 3. The molecule has 0 aliphatic heterocycles. The van der Waals surface area contributed by atoms with Crippen molar-refractivity contribution in [2.75, 3.05) is 0 Å². The first-order valence-corrected chi connectivity index (χ1v) is 6.92. The van der Waals surface area contributed by atoms with E-state index in [4.69, 9.17) is 0 Å². The molecule has 0 amide bonds. The Kier molecular flexibility index (Phi) is 2.95. The Morgan fingerprint density at radius 3 is 3.24 bits per heavy atom. The number of aromatic nitrogens is 1. The highest BCUT2D eigenvalue weighted by molar-refractivity contribution is 7.09. The molecule has 2 aromatic rings. The normalized spacial score (nSPS) is 18.3. The average Bonchev–Trinajstić information content (AvgIpc) is 2.94. The number of thiazole rings is 1. The van der Waals surface area contributed by atoms with E-state index < -0.39 is 0 Å². The van der Waals surface area contributed by atoms with Gasteiger partial charge in [0.15, 0.2) is 0 Å². The third-order valence-corrected chi connectivity index (χ3v) is 4.14. The minimum Gasteiger partial charge on any atom is -0.304 e. The SMILES string of the molecule is Cc1ccc2c(c1)C(NCc1nccs1)CC2. The molecule has 1 aliphatic carbocycles. The van der Waals surface area contributed by atoms with Crippen LogP contribution in [-0.2, 0) is 13.0 Å². The van der Waals surface area contributed by atoms with E-state index in [0.717, 1.165) is 6.54 Å². The van der Waals surface area contributed by atoms with Gasteiger partial charge in [-0.05, 0) is 30.9 Å². The monoisotopic (exact) mass is 244 g/mol. The lowest BCUT2D eigenvalue weighted by Crippen LogP contribution is -2.18. The highest BCUT2D eigenvalue weighted by Gasteiger charge is 2.21. The van der Waals surface area contributed by atoms with Crippen molar-refractivity contribution < 1.29 is 0 Å². The molecule has 3 rings (SSSR count). The maximum atomic E-state index is 4.31. The Morgan fingerprint density at radius 2 is 2.41 bits per heavy atom. The van der Waals surface area contributed by atoms with Crippen molar-refractivity contribution in [1.29, 1.82) is 0 Å². The van der Waals surface area contributed by atoms with Crippen LogP contribution in [0.15, 0.2) is 29.8 Å². The summed E-state index contributed by atoms with van der Waals surface area (Å²) < 4.78 is 0. The first-order chi connectivity index (χ1) is 8.33. The first-order valence-electron chi connectivity index (χ1n) is 6.04. The van der Waals surface area contributed by atoms with Crippen molar-refractivity contribution in [3.05, 3.63) is 51.5 Å². The molecule has 1 aliphatic rings. The Bertz CT molecular complexity index is 505. The van der Waals surface area contributed by atoms with Gasteiger partial charge in [-0.15, -0.1) is 11.3 Å². The molecule has 0 fully saturated rings. The predicted octanol–water partition coefficient (Wildman–Crippen LogP) is 3.23.